The lowest BCUT2D eigenvalue weighted by Gasteiger charge is -2.25. The molecule has 1 aliphatic rings. The maximum Gasteiger partial charge on any atom is 0.227 e. The third-order valence-corrected chi connectivity index (χ3v) is 5.04. The molecule has 1 unspecified atom stereocenters. The smallest absolute Gasteiger partial charge is 0.227 e. The number of rotatable bonds is 5. The van der Waals surface area contributed by atoms with Crippen molar-refractivity contribution < 1.29 is 18.0 Å². The third kappa shape index (κ3) is 5.09. The first-order chi connectivity index (χ1) is 9.16. The molecule has 1 heterocycles. The zero-order valence-corrected chi connectivity index (χ0v) is 13.0. The Labute approximate surface area is 119 Å². The van der Waals surface area contributed by atoms with Crippen LogP contribution in [0.2, 0.25) is 0 Å². The van der Waals surface area contributed by atoms with Crippen LogP contribution in [0.4, 0.5) is 0 Å². The summed E-state index contributed by atoms with van der Waals surface area (Å²) in [6.07, 6.45) is 0.100. The molecule has 1 fully saturated rings. The van der Waals surface area contributed by atoms with E-state index in [9.17, 15) is 18.0 Å². The molecule has 0 aromatic carbocycles. The van der Waals surface area contributed by atoms with Crippen LogP contribution in [0.3, 0.4) is 0 Å². The normalized spacial score (nSPS) is 22.1. The SMILES string of the molecule is CNC(=O)C(C)(C)CNC(=O)CC1CS(=O)(=O)CCN1. The van der Waals surface area contributed by atoms with Gasteiger partial charge in [0, 0.05) is 32.6 Å². The van der Waals surface area contributed by atoms with E-state index in [4.69, 9.17) is 0 Å². The predicted octanol–water partition coefficient (Wildman–Crippen LogP) is -1.35. The minimum absolute atomic E-state index is 0.0146. The number of nitrogens with one attached hydrogen (secondary N) is 3. The van der Waals surface area contributed by atoms with Gasteiger partial charge in [0.2, 0.25) is 11.8 Å². The second-order valence-corrected chi connectivity index (χ2v) is 7.94. The zero-order valence-electron chi connectivity index (χ0n) is 12.2. The van der Waals surface area contributed by atoms with Crippen LogP contribution in [0.15, 0.2) is 0 Å². The molecule has 0 saturated carbocycles. The fourth-order valence-corrected chi connectivity index (χ4v) is 3.48. The van der Waals surface area contributed by atoms with Crippen molar-refractivity contribution in [3.63, 3.8) is 0 Å². The molecule has 0 aliphatic carbocycles. The zero-order chi connectivity index (χ0) is 15.4. The Balaban J connectivity index is 2.43. The maximum atomic E-state index is 11.8. The lowest BCUT2D eigenvalue weighted by molar-refractivity contribution is -0.129. The highest BCUT2D eigenvalue weighted by atomic mass is 32.2. The summed E-state index contributed by atoms with van der Waals surface area (Å²) in [6.45, 7) is 4.06. The van der Waals surface area contributed by atoms with Crippen LogP contribution in [0, 0.1) is 5.41 Å². The van der Waals surface area contributed by atoms with E-state index in [2.05, 4.69) is 16.0 Å². The van der Waals surface area contributed by atoms with Crippen LogP contribution in [0.25, 0.3) is 0 Å². The van der Waals surface area contributed by atoms with Gasteiger partial charge >= 0.3 is 0 Å². The fourth-order valence-electron chi connectivity index (χ4n) is 2.03. The average Bonchev–Trinajstić information content (AvgIpc) is 2.34. The first-order valence-electron chi connectivity index (χ1n) is 6.59. The quantitative estimate of drug-likeness (QED) is 0.583. The Morgan fingerprint density at radius 3 is 2.55 bits per heavy atom. The van der Waals surface area contributed by atoms with Crippen molar-refractivity contribution in [3.05, 3.63) is 0 Å². The van der Waals surface area contributed by atoms with Gasteiger partial charge in [-0.3, -0.25) is 9.59 Å². The van der Waals surface area contributed by atoms with Gasteiger partial charge < -0.3 is 16.0 Å². The second kappa shape index (κ2) is 6.53. The predicted molar refractivity (Wildman–Crippen MR) is 75.9 cm³/mol. The van der Waals surface area contributed by atoms with E-state index in [0.29, 0.717) is 6.54 Å². The van der Waals surface area contributed by atoms with E-state index < -0.39 is 15.3 Å². The molecule has 116 valence electrons. The molecule has 1 rings (SSSR count). The molecule has 0 aromatic heterocycles. The number of carbonyl (C=O) groups excluding carboxylic acids is 2. The van der Waals surface area contributed by atoms with Crippen LogP contribution in [0.5, 0.6) is 0 Å². The Bertz CT molecular complexity index is 473. The Kier molecular flexibility index (Phi) is 5.52. The number of sulfone groups is 1. The van der Waals surface area contributed by atoms with E-state index in [0.717, 1.165) is 0 Å². The summed E-state index contributed by atoms with van der Waals surface area (Å²) in [6, 6.07) is -0.350. The average molecular weight is 305 g/mol. The Morgan fingerprint density at radius 1 is 1.35 bits per heavy atom. The highest BCUT2D eigenvalue weighted by Crippen LogP contribution is 2.13. The highest BCUT2D eigenvalue weighted by molar-refractivity contribution is 7.91. The summed E-state index contributed by atoms with van der Waals surface area (Å²) in [4.78, 5) is 23.4. The summed E-state index contributed by atoms with van der Waals surface area (Å²) in [5.41, 5.74) is -0.698. The van der Waals surface area contributed by atoms with Crippen molar-refractivity contribution in [1.29, 1.82) is 0 Å². The third-order valence-electron chi connectivity index (χ3n) is 3.30. The Morgan fingerprint density at radius 2 is 2.00 bits per heavy atom. The van der Waals surface area contributed by atoms with Crippen molar-refractivity contribution in [1.82, 2.24) is 16.0 Å². The van der Waals surface area contributed by atoms with Crippen molar-refractivity contribution in [2.24, 2.45) is 5.41 Å². The van der Waals surface area contributed by atoms with E-state index >= 15 is 0 Å². The van der Waals surface area contributed by atoms with E-state index in [1.54, 1.807) is 20.9 Å². The first kappa shape index (κ1) is 16.9. The molecule has 0 spiro atoms. The summed E-state index contributed by atoms with van der Waals surface area (Å²) < 4.78 is 22.9. The number of carbonyl (C=O) groups is 2. The van der Waals surface area contributed by atoms with Gasteiger partial charge in [-0.25, -0.2) is 8.42 Å². The van der Waals surface area contributed by atoms with Gasteiger partial charge in [0.05, 0.1) is 16.9 Å². The van der Waals surface area contributed by atoms with Crippen LogP contribution in [0.1, 0.15) is 20.3 Å². The molecular formula is C12H23N3O4S. The van der Waals surface area contributed by atoms with Gasteiger partial charge in [-0.15, -0.1) is 0 Å². The van der Waals surface area contributed by atoms with Crippen LogP contribution in [-0.2, 0) is 19.4 Å². The molecule has 20 heavy (non-hydrogen) atoms. The van der Waals surface area contributed by atoms with Crippen molar-refractivity contribution in [3.8, 4) is 0 Å². The van der Waals surface area contributed by atoms with E-state index in [-0.39, 0.29) is 42.3 Å². The molecule has 3 N–H and O–H groups in total. The van der Waals surface area contributed by atoms with Crippen LogP contribution in [-0.4, -0.2) is 57.9 Å². The van der Waals surface area contributed by atoms with Gasteiger partial charge in [0.15, 0.2) is 9.84 Å². The van der Waals surface area contributed by atoms with Crippen molar-refractivity contribution >= 4 is 21.7 Å². The molecule has 0 bridgehead atoms. The molecule has 0 radical (unpaired) electrons. The lowest BCUT2D eigenvalue weighted by atomic mass is 9.92. The van der Waals surface area contributed by atoms with Gasteiger partial charge in [-0.05, 0) is 13.8 Å². The monoisotopic (exact) mass is 305 g/mol. The standard InChI is InChI=1S/C12H23N3O4S/c1-12(2,11(17)13-3)8-15-10(16)6-9-7-20(18,19)5-4-14-9/h9,14H,4-8H2,1-3H3,(H,13,17)(H,15,16). The van der Waals surface area contributed by atoms with E-state index in [1.165, 1.54) is 0 Å². The molecule has 8 heteroatoms. The molecule has 1 atom stereocenters. The summed E-state index contributed by atoms with van der Waals surface area (Å²) in [5, 5.41) is 8.23. The van der Waals surface area contributed by atoms with Crippen molar-refractivity contribution in [2.75, 3.05) is 31.6 Å². The molecule has 2 amide bonds. The van der Waals surface area contributed by atoms with Gasteiger partial charge in [-0.2, -0.15) is 0 Å². The molecule has 1 saturated heterocycles. The topological polar surface area (TPSA) is 104 Å². The number of hydrogen-bond acceptors (Lipinski definition) is 5. The first-order valence-corrected chi connectivity index (χ1v) is 8.41. The molecule has 1 aliphatic heterocycles. The van der Waals surface area contributed by atoms with E-state index in [1.807, 2.05) is 0 Å². The largest absolute Gasteiger partial charge is 0.359 e. The van der Waals surface area contributed by atoms with Gasteiger partial charge in [0.1, 0.15) is 0 Å². The minimum atomic E-state index is -3.04. The van der Waals surface area contributed by atoms with Crippen molar-refractivity contribution in [2.45, 2.75) is 26.3 Å². The summed E-state index contributed by atoms with van der Waals surface area (Å²) in [7, 11) is -1.50. The molecule has 0 aromatic rings. The van der Waals surface area contributed by atoms with Gasteiger partial charge in [0.25, 0.3) is 0 Å². The van der Waals surface area contributed by atoms with Crippen LogP contribution >= 0.6 is 0 Å². The highest BCUT2D eigenvalue weighted by Gasteiger charge is 2.29. The number of amides is 2. The summed E-state index contributed by atoms with van der Waals surface area (Å²) in [5.74, 6) is -0.304. The molecular weight excluding hydrogens is 282 g/mol. The maximum absolute atomic E-state index is 11.8. The summed E-state index contributed by atoms with van der Waals surface area (Å²) >= 11 is 0. The second-order valence-electron chi connectivity index (χ2n) is 5.71. The Hall–Kier alpha value is -1.15. The van der Waals surface area contributed by atoms with Gasteiger partial charge in [-0.1, -0.05) is 0 Å². The fraction of sp³-hybridized carbons (Fsp3) is 0.833. The number of hydrogen-bond donors (Lipinski definition) is 3. The van der Waals surface area contributed by atoms with Crippen LogP contribution < -0.4 is 16.0 Å². The lowest BCUT2D eigenvalue weighted by Crippen LogP contribution is -2.49. The molecule has 7 nitrogen and oxygen atoms in total. The minimum Gasteiger partial charge on any atom is -0.359 e.